The Morgan fingerprint density at radius 3 is 1.41 bits per heavy atom. The number of ether oxygens (including phenoxy) is 10. The lowest BCUT2D eigenvalue weighted by Gasteiger charge is -2.38. The van der Waals surface area contributed by atoms with Crippen LogP contribution in [0.1, 0.15) is 211 Å². The summed E-state index contributed by atoms with van der Waals surface area (Å²) >= 11 is 0. The smallest absolute Gasteiger partial charge is 0.331 e. The standard InChI is InChI=1S/C77H132O20/c1-45-22-28-56(78)36-59-18-16-20-61(94-59)40-67(90-14)38-58(80)39-68(81)52(8)76(54(10)74(86)47(3)26-30-63-41-65(88-12)34-49(5)92-63)96-72(84)32-24-46(2)23-29-57(79)37-60-19-17-21-62(95-60)43-71(91-15)51(7)69(82)44-70(83)53(9)77(97-73(85)33-25-45)55(11)75(87)48(4)27-31-64-42-66(89-13)35-50(6)93-64/h17,19,22-25,32-33,47-71,74-83,86-87H,16,18,20-21,26-31,34-44H2,1-15H3/b32-24+,33-25-,45-22+,46-23+/t47-,48-,49-,50-,51-,52-,53-,54-,55-,56-,57-,58+,59-,60-,61+,62+,63-,64-,65+,66+,67+,68+,69-,70+,71-,74-,75-,76-,77-/m0/s1. The number of allylic oxidation sites excluding steroid dienone is 4. The van der Waals surface area contributed by atoms with Crippen molar-refractivity contribution in [3.8, 4) is 0 Å². The van der Waals surface area contributed by atoms with E-state index in [-0.39, 0.29) is 98.9 Å². The SMILES string of the molecule is CO[C@@H]1C[C@@H](O)C[C@@H](O)[C@H](C)[C@@H]([C@@H](C)[C@@H](O)[C@@H](C)CC[C@H]2C[C@H](OC)C[C@H](C)O2)OC(=O)/C=C/C(C)=C/C[C@H](O)C[C@@H]2C=CC[C@H](C[C@H](OC)[C@@H](C)[C@@H](O)C[C@@H](O)[C@H](C)[C@@H]([C@@H](C)[C@@H](O)[C@@H](C)CC[C@H]3C[C@H](OC)C[C@H](C)O3)OC(=O)/C=C\C(C)=C\C[C@H](O)C[C@@H]3CCC[C@H](C1)O3)O2. The van der Waals surface area contributed by atoms with Gasteiger partial charge >= 0.3 is 11.9 Å². The first-order valence-corrected chi connectivity index (χ1v) is 37.0. The second-order valence-electron chi connectivity index (χ2n) is 30.2. The molecule has 20 nitrogen and oxygen atoms in total. The fraction of sp³-hybridized carbons (Fsp3) is 0.844. The van der Waals surface area contributed by atoms with Gasteiger partial charge in [0.15, 0.2) is 0 Å². The molecule has 0 aromatic heterocycles. The maximum Gasteiger partial charge on any atom is 0.331 e. The Bertz CT molecular complexity index is 2400. The van der Waals surface area contributed by atoms with Crippen LogP contribution in [-0.2, 0) is 57.0 Å². The van der Waals surface area contributed by atoms with Gasteiger partial charge in [-0.25, -0.2) is 9.59 Å². The number of hydrogen-bond acceptors (Lipinski definition) is 20. The lowest BCUT2D eigenvalue weighted by molar-refractivity contribution is -0.158. The molecule has 3 saturated heterocycles. The number of methoxy groups -OCH3 is 4. The van der Waals surface area contributed by atoms with E-state index in [9.17, 15) is 50.4 Å². The Kier molecular flexibility index (Phi) is 37.7. The van der Waals surface area contributed by atoms with E-state index >= 15 is 0 Å². The molecule has 0 aliphatic carbocycles. The van der Waals surface area contributed by atoms with Crippen LogP contribution in [0, 0.1) is 41.4 Å². The van der Waals surface area contributed by atoms with Crippen LogP contribution < -0.4 is 0 Å². The third-order valence-electron chi connectivity index (χ3n) is 22.0. The van der Waals surface area contributed by atoms with E-state index in [2.05, 4.69) is 0 Å². The molecule has 8 N–H and O–H groups in total. The molecule has 5 aliphatic heterocycles. The topological polar surface area (TPSA) is 288 Å². The van der Waals surface area contributed by atoms with Crippen molar-refractivity contribution in [2.45, 2.75) is 345 Å². The van der Waals surface area contributed by atoms with E-state index in [0.717, 1.165) is 44.9 Å². The van der Waals surface area contributed by atoms with Crippen molar-refractivity contribution in [3.05, 3.63) is 59.8 Å². The summed E-state index contributed by atoms with van der Waals surface area (Å²) in [6.07, 6.45) is 13.1. The normalized spacial score (nSPS) is 40.8. The van der Waals surface area contributed by atoms with Gasteiger partial charge in [-0.2, -0.15) is 0 Å². The van der Waals surface area contributed by atoms with Gasteiger partial charge in [0.2, 0.25) is 0 Å². The van der Waals surface area contributed by atoms with Crippen molar-refractivity contribution in [3.63, 3.8) is 0 Å². The molecule has 5 aliphatic rings. The van der Waals surface area contributed by atoms with Gasteiger partial charge in [-0.15, -0.1) is 0 Å². The minimum atomic E-state index is -1.16. The summed E-state index contributed by atoms with van der Waals surface area (Å²) in [5.41, 5.74) is 1.41. The molecule has 3 fully saturated rings. The third-order valence-corrected chi connectivity index (χ3v) is 22.0. The largest absolute Gasteiger partial charge is 0.458 e. The molecule has 0 saturated carbocycles. The summed E-state index contributed by atoms with van der Waals surface area (Å²) in [6.45, 7) is 20.7. The first-order valence-electron chi connectivity index (χ1n) is 37.0. The average Bonchev–Trinajstić information content (AvgIpc) is 0.861. The molecule has 0 aromatic carbocycles. The van der Waals surface area contributed by atoms with Crippen LogP contribution in [0.3, 0.4) is 0 Å². The quantitative estimate of drug-likeness (QED) is 0.0527. The lowest BCUT2D eigenvalue weighted by atomic mass is 9.78. The summed E-state index contributed by atoms with van der Waals surface area (Å²) in [5, 5.41) is 94.0. The van der Waals surface area contributed by atoms with Crippen LogP contribution >= 0.6 is 0 Å². The number of esters is 2. The van der Waals surface area contributed by atoms with E-state index in [1.54, 1.807) is 54.4 Å². The zero-order valence-electron chi connectivity index (χ0n) is 61.7. The summed E-state index contributed by atoms with van der Waals surface area (Å²) in [7, 11) is 6.60. The number of carbonyl (C=O) groups is 2. The highest BCUT2D eigenvalue weighted by Crippen LogP contribution is 2.37. The molecular weight excluding hydrogens is 1240 g/mol. The van der Waals surface area contributed by atoms with Crippen molar-refractivity contribution in [1.82, 2.24) is 0 Å². The maximum absolute atomic E-state index is 13.9. The number of aliphatic hydroxyl groups is 8. The van der Waals surface area contributed by atoms with Gasteiger partial charge in [0, 0.05) is 83.0 Å². The lowest BCUT2D eigenvalue weighted by Crippen LogP contribution is -2.45. The number of cyclic esters (lactones) is 2. The van der Waals surface area contributed by atoms with Crippen LogP contribution in [0.2, 0.25) is 0 Å². The molecule has 4 bridgehead atoms. The Balaban J connectivity index is 1.35. The zero-order valence-corrected chi connectivity index (χ0v) is 61.7. The number of fused-ring (bicyclic) bond motifs is 4. The van der Waals surface area contributed by atoms with E-state index in [4.69, 9.17) is 47.4 Å². The first kappa shape index (κ1) is 84.7. The second-order valence-corrected chi connectivity index (χ2v) is 30.2. The Morgan fingerprint density at radius 2 is 0.928 bits per heavy atom. The summed E-state index contributed by atoms with van der Waals surface area (Å²) in [5.74, 6) is -4.94. The Hall–Kier alpha value is -3.00. The van der Waals surface area contributed by atoms with Gasteiger partial charge in [-0.3, -0.25) is 0 Å². The number of hydrogen-bond donors (Lipinski definition) is 8. The van der Waals surface area contributed by atoms with Gasteiger partial charge in [0.05, 0.1) is 122 Å². The molecule has 20 heteroatoms. The fourth-order valence-electron chi connectivity index (χ4n) is 15.5. The second kappa shape index (κ2) is 43.2. The van der Waals surface area contributed by atoms with Crippen LogP contribution in [-0.4, -0.2) is 216 Å². The van der Waals surface area contributed by atoms with Gasteiger partial charge in [-0.05, 0) is 162 Å². The van der Waals surface area contributed by atoms with Crippen molar-refractivity contribution < 1.29 is 97.8 Å². The molecule has 0 spiro atoms. The highest BCUT2D eigenvalue weighted by Gasteiger charge is 2.42. The zero-order chi connectivity index (χ0) is 71.6. The molecule has 29 atom stereocenters. The van der Waals surface area contributed by atoms with Crippen LogP contribution in [0.4, 0.5) is 0 Å². The Morgan fingerprint density at radius 1 is 0.474 bits per heavy atom. The highest BCUT2D eigenvalue weighted by molar-refractivity contribution is 5.83. The summed E-state index contributed by atoms with van der Waals surface area (Å²) in [4.78, 5) is 27.8. The summed E-state index contributed by atoms with van der Waals surface area (Å²) < 4.78 is 61.2. The van der Waals surface area contributed by atoms with Gasteiger partial charge in [-0.1, -0.05) is 96.1 Å². The van der Waals surface area contributed by atoms with Crippen molar-refractivity contribution in [1.29, 1.82) is 0 Å². The van der Waals surface area contributed by atoms with Crippen LogP contribution in [0.5, 0.6) is 0 Å². The van der Waals surface area contributed by atoms with E-state index in [1.165, 1.54) is 12.2 Å². The minimum Gasteiger partial charge on any atom is -0.458 e. The fourth-order valence-corrected chi connectivity index (χ4v) is 15.5. The predicted octanol–water partition coefficient (Wildman–Crippen LogP) is 10.1. The van der Waals surface area contributed by atoms with E-state index < -0.39 is 121 Å². The summed E-state index contributed by atoms with van der Waals surface area (Å²) in [6, 6.07) is 0. The average molecular weight is 1380 g/mol. The first-order chi connectivity index (χ1) is 46.0. The highest BCUT2D eigenvalue weighted by atomic mass is 16.6. The van der Waals surface area contributed by atoms with Crippen LogP contribution in [0.15, 0.2) is 59.8 Å². The van der Waals surface area contributed by atoms with Crippen LogP contribution in [0.25, 0.3) is 0 Å². The molecule has 5 rings (SSSR count). The molecule has 0 unspecified atom stereocenters. The molecule has 5 heterocycles. The monoisotopic (exact) mass is 1380 g/mol. The maximum atomic E-state index is 13.9. The van der Waals surface area contributed by atoms with E-state index in [1.807, 2.05) is 86.6 Å². The minimum absolute atomic E-state index is 0.0233. The van der Waals surface area contributed by atoms with Crippen molar-refractivity contribution >= 4 is 11.9 Å². The third kappa shape index (κ3) is 29.0. The van der Waals surface area contributed by atoms with Gasteiger partial charge < -0.3 is 88.2 Å². The molecule has 97 heavy (non-hydrogen) atoms. The molecule has 0 amide bonds. The molecular formula is C77H132O20. The number of carbonyl (C=O) groups excluding carboxylic acids is 2. The van der Waals surface area contributed by atoms with E-state index in [0.29, 0.717) is 68.9 Å². The molecule has 0 radical (unpaired) electrons. The van der Waals surface area contributed by atoms with Crippen molar-refractivity contribution in [2.24, 2.45) is 41.4 Å². The number of aliphatic hydroxyl groups excluding tert-OH is 8. The van der Waals surface area contributed by atoms with Gasteiger partial charge in [0.1, 0.15) is 12.2 Å². The molecule has 560 valence electrons. The Labute approximate surface area is 582 Å². The number of rotatable bonds is 16. The van der Waals surface area contributed by atoms with Gasteiger partial charge in [0.25, 0.3) is 0 Å². The van der Waals surface area contributed by atoms with Crippen molar-refractivity contribution in [2.75, 3.05) is 28.4 Å². The molecule has 0 aromatic rings. The predicted molar refractivity (Wildman–Crippen MR) is 373 cm³/mol.